The molecule has 0 fully saturated rings. The molecule has 0 aliphatic carbocycles. The summed E-state index contributed by atoms with van der Waals surface area (Å²) in [5.74, 6) is 0.374. The second-order valence-electron chi connectivity index (χ2n) is 4.79. The van der Waals surface area contributed by atoms with E-state index in [2.05, 4.69) is 10.3 Å². The number of amides is 1. The first kappa shape index (κ1) is 14.4. The van der Waals surface area contributed by atoms with Crippen LogP contribution in [0.4, 0.5) is 5.69 Å². The number of hydrogen-bond acceptors (Lipinski definition) is 3. The standard InChI is InChI=1S/C17H13ClN2O2/c1-11-19-15-10-14(6-7-16(15)22-11)20-17(21)8-5-12-3-2-4-13(18)9-12/h2-10H,1H3,(H,20,21)/b8-5+. The molecular formula is C17H13ClN2O2. The molecular weight excluding hydrogens is 300 g/mol. The Balaban J connectivity index is 1.72. The number of anilines is 1. The van der Waals surface area contributed by atoms with Gasteiger partial charge in [-0.15, -0.1) is 0 Å². The number of nitrogens with zero attached hydrogens (tertiary/aromatic N) is 1. The molecule has 0 saturated carbocycles. The van der Waals surface area contributed by atoms with Crippen LogP contribution < -0.4 is 5.32 Å². The van der Waals surface area contributed by atoms with Gasteiger partial charge in [-0.1, -0.05) is 23.7 Å². The highest BCUT2D eigenvalue weighted by Crippen LogP contribution is 2.19. The molecule has 1 heterocycles. The first-order chi connectivity index (χ1) is 10.6. The minimum atomic E-state index is -0.223. The van der Waals surface area contributed by atoms with Crippen LogP contribution in [0.2, 0.25) is 5.02 Å². The predicted octanol–water partition coefficient (Wildman–Crippen LogP) is 4.44. The molecule has 0 unspecified atom stereocenters. The van der Waals surface area contributed by atoms with Crippen LogP contribution in [-0.2, 0) is 4.79 Å². The summed E-state index contributed by atoms with van der Waals surface area (Å²) in [7, 11) is 0. The van der Waals surface area contributed by atoms with Gasteiger partial charge in [-0.25, -0.2) is 4.98 Å². The zero-order valence-corrected chi connectivity index (χ0v) is 12.6. The molecule has 0 aliphatic rings. The predicted molar refractivity (Wildman–Crippen MR) is 87.9 cm³/mol. The van der Waals surface area contributed by atoms with Gasteiger partial charge in [0.05, 0.1) is 0 Å². The number of benzene rings is 2. The third-order valence-electron chi connectivity index (χ3n) is 3.04. The van der Waals surface area contributed by atoms with E-state index in [-0.39, 0.29) is 5.91 Å². The normalized spacial score (nSPS) is 11.2. The average molecular weight is 313 g/mol. The number of rotatable bonds is 3. The van der Waals surface area contributed by atoms with Gasteiger partial charge in [0.2, 0.25) is 5.91 Å². The van der Waals surface area contributed by atoms with Crippen LogP contribution >= 0.6 is 11.6 Å². The van der Waals surface area contributed by atoms with Crippen molar-refractivity contribution in [3.05, 3.63) is 65.0 Å². The molecule has 0 bridgehead atoms. The monoisotopic (exact) mass is 312 g/mol. The first-order valence-electron chi connectivity index (χ1n) is 6.72. The number of carbonyl (C=O) groups is 1. The van der Waals surface area contributed by atoms with Crippen LogP contribution in [-0.4, -0.2) is 10.9 Å². The zero-order valence-electron chi connectivity index (χ0n) is 11.8. The first-order valence-corrected chi connectivity index (χ1v) is 7.10. The molecule has 2 aromatic carbocycles. The number of hydrogen-bond donors (Lipinski definition) is 1. The molecule has 0 radical (unpaired) electrons. The van der Waals surface area contributed by atoms with Crippen LogP contribution in [0.5, 0.6) is 0 Å². The van der Waals surface area contributed by atoms with Crippen molar-refractivity contribution in [1.29, 1.82) is 0 Å². The summed E-state index contributed by atoms with van der Waals surface area (Å²) in [6.45, 7) is 1.78. The summed E-state index contributed by atoms with van der Waals surface area (Å²) in [5.41, 5.74) is 2.95. The molecule has 22 heavy (non-hydrogen) atoms. The van der Waals surface area contributed by atoms with Gasteiger partial charge in [0.15, 0.2) is 11.5 Å². The Labute approximate surface area is 132 Å². The molecule has 1 aromatic heterocycles. The fourth-order valence-corrected chi connectivity index (χ4v) is 2.29. The van der Waals surface area contributed by atoms with E-state index in [9.17, 15) is 4.79 Å². The van der Waals surface area contributed by atoms with Crippen molar-refractivity contribution in [2.24, 2.45) is 0 Å². The number of fused-ring (bicyclic) bond motifs is 1. The molecule has 0 saturated heterocycles. The molecule has 1 amide bonds. The van der Waals surface area contributed by atoms with E-state index in [0.29, 0.717) is 27.7 Å². The Morgan fingerprint density at radius 1 is 1.27 bits per heavy atom. The van der Waals surface area contributed by atoms with Crippen molar-refractivity contribution in [2.45, 2.75) is 6.92 Å². The van der Waals surface area contributed by atoms with Gasteiger partial charge in [0.25, 0.3) is 0 Å². The lowest BCUT2D eigenvalue weighted by Crippen LogP contribution is -2.07. The Morgan fingerprint density at radius 3 is 2.95 bits per heavy atom. The van der Waals surface area contributed by atoms with E-state index >= 15 is 0 Å². The third kappa shape index (κ3) is 3.35. The van der Waals surface area contributed by atoms with Gasteiger partial charge >= 0.3 is 0 Å². The van der Waals surface area contributed by atoms with Crippen molar-refractivity contribution >= 4 is 40.4 Å². The van der Waals surface area contributed by atoms with Gasteiger partial charge in [0.1, 0.15) is 5.52 Å². The lowest BCUT2D eigenvalue weighted by Gasteiger charge is -2.01. The van der Waals surface area contributed by atoms with Crippen LogP contribution in [0.1, 0.15) is 11.5 Å². The van der Waals surface area contributed by atoms with E-state index in [4.69, 9.17) is 16.0 Å². The summed E-state index contributed by atoms with van der Waals surface area (Å²) in [4.78, 5) is 16.2. The van der Waals surface area contributed by atoms with Crippen molar-refractivity contribution in [2.75, 3.05) is 5.32 Å². The van der Waals surface area contributed by atoms with E-state index in [1.165, 1.54) is 6.08 Å². The Bertz CT molecular complexity index is 868. The topological polar surface area (TPSA) is 55.1 Å². The molecule has 5 heteroatoms. The zero-order chi connectivity index (χ0) is 15.5. The number of oxazole rings is 1. The molecule has 3 aromatic rings. The van der Waals surface area contributed by atoms with E-state index in [1.54, 1.807) is 43.3 Å². The van der Waals surface area contributed by atoms with Crippen LogP contribution in [0.25, 0.3) is 17.2 Å². The highest BCUT2D eigenvalue weighted by atomic mass is 35.5. The van der Waals surface area contributed by atoms with Crippen molar-refractivity contribution in [3.63, 3.8) is 0 Å². The summed E-state index contributed by atoms with van der Waals surface area (Å²) in [6.07, 6.45) is 3.17. The van der Waals surface area contributed by atoms with E-state index in [0.717, 1.165) is 5.56 Å². The number of nitrogens with one attached hydrogen (secondary N) is 1. The SMILES string of the molecule is Cc1nc2cc(NC(=O)/C=C/c3cccc(Cl)c3)ccc2o1. The van der Waals surface area contributed by atoms with Gasteiger partial charge < -0.3 is 9.73 Å². The van der Waals surface area contributed by atoms with Crippen molar-refractivity contribution < 1.29 is 9.21 Å². The molecule has 0 spiro atoms. The van der Waals surface area contributed by atoms with E-state index in [1.807, 2.05) is 12.1 Å². The maximum Gasteiger partial charge on any atom is 0.248 e. The van der Waals surface area contributed by atoms with Gasteiger partial charge in [-0.2, -0.15) is 0 Å². The summed E-state index contributed by atoms with van der Waals surface area (Å²) in [5, 5.41) is 3.42. The highest BCUT2D eigenvalue weighted by Gasteiger charge is 2.04. The largest absolute Gasteiger partial charge is 0.441 e. The molecule has 0 atom stereocenters. The van der Waals surface area contributed by atoms with Gasteiger partial charge in [-0.05, 0) is 42.0 Å². The smallest absolute Gasteiger partial charge is 0.248 e. The molecule has 1 N–H and O–H groups in total. The maximum atomic E-state index is 11.9. The lowest BCUT2D eigenvalue weighted by molar-refractivity contribution is -0.111. The van der Waals surface area contributed by atoms with E-state index < -0.39 is 0 Å². The fraction of sp³-hybridized carbons (Fsp3) is 0.0588. The molecule has 0 aliphatic heterocycles. The summed E-state index contributed by atoms with van der Waals surface area (Å²) < 4.78 is 5.39. The fourth-order valence-electron chi connectivity index (χ4n) is 2.09. The molecule has 110 valence electrons. The Kier molecular flexibility index (Phi) is 3.94. The van der Waals surface area contributed by atoms with Gasteiger partial charge in [-0.3, -0.25) is 4.79 Å². The minimum absolute atomic E-state index is 0.223. The van der Waals surface area contributed by atoms with Gasteiger partial charge in [0, 0.05) is 23.7 Å². The average Bonchev–Trinajstić information content (AvgIpc) is 2.84. The lowest BCUT2D eigenvalue weighted by atomic mass is 10.2. The Hall–Kier alpha value is -2.59. The minimum Gasteiger partial charge on any atom is -0.441 e. The highest BCUT2D eigenvalue weighted by molar-refractivity contribution is 6.30. The van der Waals surface area contributed by atoms with Crippen molar-refractivity contribution in [3.8, 4) is 0 Å². The summed E-state index contributed by atoms with van der Waals surface area (Å²) in [6, 6.07) is 12.6. The second-order valence-corrected chi connectivity index (χ2v) is 5.23. The van der Waals surface area contributed by atoms with Crippen LogP contribution in [0, 0.1) is 6.92 Å². The number of halogens is 1. The Morgan fingerprint density at radius 2 is 2.14 bits per heavy atom. The van der Waals surface area contributed by atoms with Crippen LogP contribution in [0.15, 0.2) is 53.0 Å². The number of aryl methyl sites for hydroxylation is 1. The van der Waals surface area contributed by atoms with Crippen LogP contribution in [0.3, 0.4) is 0 Å². The molecule has 3 rings (SSSR count). The number of aromatic nitrogens is 1. The molecule has 4 nitrogen and oxygen atoms in total. The summed E-state index contributed by atoms with van der Waals surface area (Å²) >= 11 is 5.90. The van der Waals surface area contributed by atoms with Crippen molar-refractivity contribution in [1.82, 2.24) is 4.98 Å². The maximum absolute atomic E-state index is 11.9. The number of carbonyl (C=O) groups excluding carboxylic acids is 1. The second kappa shape index (κ2) is 6.03. The quantitative estimate of drug-likeness (QED) is 0.727. The third-order valence-corrected chi connectivity index (χ3v) is 3.27.